The second kappa shape index (κ2) is 7.51. The van der Waals surface area contributed by atoms with Gasteiger partial charge in [0.1, 0.15) is 6.33 Å². The third-order valence-corrected chi connectivity index (χ3v) is 6.67. The maximum atomic E-state index is 13.1. The third-order valence-electron chi connectivity index (χ3n) is 4.86. The zero-order valence-corrected chi connectivity index (χ0v) is 15.9. The number of aromatic nitrogens is 4. The average molecular weight is 397 g/mol. The van der Waals surface area contributed by atoms with Crippen LogP contribution >= 0.6 is 0 Å². The first-order valence-corrected chi connectivity index (χ1v) is 10.6. The number of likely N-dealkylation sites (tertiary alicyclic amines) is 1. The second-order valence-electron chi connectivity index (χ2n) is 6.69. The van der Waals surface area contributed by atoms with E-state index in [0.29, 0.717) is 24.2 Å². The molecule has 9 heteroatoms. The smallest absolute Gasteiger partial charge is 0.254 e. The van der Waals surface area contributed by atoms with E-state index < -0.39 is 9.84 Å². The fraction of sp³-hybridized carbons (Fsp3) is 0.263. The molecule has 3 aromatic rings. The highest BCUT2D eigenvalue weighted by Gasteiger charge is 2.33. The number of nitrogens with zero attached hydrogens (tertiary/aromatic N) is 5. The Hall–Kier alpha value is -3.07. The molecule has 28 heavy (non-hydrogen) atoms. The Kier molecular flexibility index (Phi) is 4.91. The van der Waals surface area contributed by atoms with Gasteiger partial charge < -0.3 is 4.90 Å². The molecular formula is C19H19N5O3S. The summed E-state index contributed by atoms with van der Waals surface area (Å²) in [6, 6.07) is 15.0. The Morgan fingerprint density at radius 2 is 1.93 bits per heavy atom. The van der Waals surface area contributed by atoms with E-state index in [-0.39, 0.29) is 22.6 Å². The van der Waals surface area contributed by atoms with Crippen LogP contribution in [0.2, 0.25) is 0 Å². The molecule has 2 aromatic carbocycles. The van der Waals surface area contributed by atoms with Crippen molar-refractivity contribution in [2.24, 2.45) is 0 Å². The predicted octanol–water partition coefficient (Wildman–Crippen LogP) is 1.74. The largest absolute Gasteiger partial charge is 0.335 e. The van der Waals surface area contributed by atoms with Gasteiger partial charge in [0, 0.05) is 18.2 Å². The summed E-state index contributed by atoms with van der Waals surface area (Å²) < 4.78 is 26.9. The lowest BCUT2D eigenvalue weighted by Gasteiger charge is -2.25. The van der Waals surface area contributed by atoms with Gasteiger partial charge in [-0.15, -0.1) is 5.10 Å². The Bertz CT molecular complexity index is 1070. The number of hydrogen-bond acceptors (Lipinski definition) is 6. The van der Waals surface area contributed by atoms with Gasteiger partial charge in [0.15, 0.2) is 9.84 Å². The Balaban J connectivity index is 1.55. The van der Waals surface area contributed by atoms with Crippen molar-refractivity contribution in [2.75, 3.05) is 12.3 Å². The van der Waals surface area contributed by atoms with Crippen molar-refractivity contribution in [3.8, 4) is 5.69 Å². The molecule has 0 saturated carbocycles. The Morgan fingerprint density at radius 1 is 1.11 bits per heavy atom. The molecule has 144 valence electrons. The Morgan fingerprint density at radius 3 is 2.68 bits per heavy atom. The SMILES string of the molecule is O=C(c1cccc(-n2cnnn2)c1)N1CCCC1CS(=O)(=O)c1ccccc1. The molecule has 1 aliphatic rings. The van der Waals surface area contributed by atoms with Gasteiger partial charge in [0.05, 0.1) is 16.3 Å². The first kappa shape index (κ1) is 18.3. The summed E-state index contributed by atoms with van der Waals surface area (Å²) in [4.78, 5) is 15.0. The summed E-state index contributed by atoms with van der Waals surface area (Å²) in [5, 5.41) is 11.0. The third kappa shape index (κ3) is 3.65. The van der Waals surface area contributed by atoms with Crippen LogP contribution in [0.1, 0.15) is 23.2 Å². The van der Waals surface area contributed by atoms with E-state index in [4.69, 9.17) is 0 Å². The fourth-order valence-corrected chi connectivity index (χ4v) is 5.10. The van der Waals surface area contributed by atoms with E-state index in [1.165, 1.54) is 11.0 Å². The van der Waals surface area contributed by atoms with Gasteiger partial charge in [-0.25, -0.2) is 13.1 Å². The number of amides is 1. The van der Waals surface area contributed by atoms with E-state index in [9.17, 15) is 13.2 Å². The molecule has 1 saturated heterocycles. The molecule has 1 aromatic heterocycles. The highest BCUT2D eigenvalue weighted by atomic mass is 32.2. The summed E-state index contributed by atoms with van der Waals surface area (Å²) in [5.41, 5.74) is 1.15. The van der Waals surface area contributed by atoms with Crippen LogP contribution in [0.3, 0.4) is 0 Å². The number of benzene rings is 2. The van der Waals surface area contributed by atoms with E-state index in [0.717, 1.165) is 6.42 Å². The van der Waals surface area contributed by atoms with Gasteiger partial charge in [-0.1, -0.05) is 24.3 Å². The number of tetrazole rings is 1. The maximum Gasteiger partial charge on any atom is 0.254 e. The van der Waals surface area contributed by atoms with Gasteiger partial charge >= 0.3 is 0 Å². The van der Waals surface area contributed by atoms with E-state index in [1.807, 2.05) is 0 Å². The highest BCUT2D eigenvalue weighted by Crippen LogP contribution is 2.24. The van der Waals surface area contributed by atoms with Crippen LogP contribution in [0.4, 0.5) is 0 Å². The van der Waals surface area contributed by atoms with Crippen LogP contribution in [0, 0.1) is 0 Å². The van der Waals surface area contributed by atoms with Crippen molar-refractivity contribution in [1.82, 2.24) is 25.1 Å². The first-order chi connectivity index (χ1) is 13.5. The quantitative estimate of drug-likeness (QED) is 0.650. The van der Waals surface area contributed by atoms with Gasteiger partial charge in [0.2, 0.25) is 0 Å². The van der Waals surface area contributed by atoms with E-state index in [2.05, 4.69) is 15.5 Å². The van der Waals surface area contributed by atoms with Crippen LogP contribution in [0.25, 0.3) is 5.69 Å². The molecule has 0 bridgehead atoms. The van der Waals surface area contributed by atoms with E-state index >= 15 is 0 Å². The van der Waals surface area contributed by atoms with Crippen molar-refractivity contribution in [2.45, 2.75) is 23.8 Å². The van der Waals surface area contributed by atoms with Gasteiger partial charge in [0.25, 0.3) is 5.91 Å². The number of rotatable bonds is 5. The van der Waals surface area contributed by atoms with Crippen molar-refractivity contribution in [3.05, 3.63) is 66.5 Å². The lowest BCUT2D eigenvalue weighted by atomic mass is 10.1. The molecule has 1 fully saturated rings. The number of carbonyl (C=O) groups is 1. The highest BCUT2D eigenvalue weighted by molar-refractivity contribution is 7.91. The monoisotopic (exact) mass is 397 g/mol. The minimum absolute atomic E-state index is 0.0740. The molecule has 1 unspecified atom stereocenters. The molecule has 2 heterocycles. The molecule has 8 nitrogen and oxygen atoms in total. The summed E-state index contributed by atoms with van der Waals surface area (Å²) in [6.07, 6.45) is 2.91. The van der Waals surface area contributed by atoms with Crippen LogP contribution in [-0.2, 0) is 9.84 Å². The predicted molar refractivity (Wildman–Crippen MR) is 102 cm³/mol. The molecule has 1 amide bonds. The Labute approximate surface area is 162 Å². The molecule has 1 aliphatic heterocycles. The molecule has 1 atom stereocenters. The van der Waals surface area contributed by atoms with Crippen molar-refractivity contribution in [1.29, 1.82) is 0 Å². The normalized spacial score (nSPS) is 17.0. The topological polar surface area (TPSA) is 98.1 Å². The van der Waals surface area contributed by atoms with Crippen LogP contribution in [0.15, 0.2) is 65.8 Å². The molecule has 0 N–H and O–H groups in total. The molecule has 0 radical (unpaired) electrons. The van der Waals surface area contributed by atoms with Gasteiger partial charge in [-0.05, 0) is 53.6 Å². The van der Waals surface area contributed by atoms with Crippen molar-refractivity contribution in [3.63, 3.8) is 0 Å². The van der Waals surface area contributed by atoms with Gasteiger partial charge in [-0.3, -0.25) is 4.79 Å². The average Bonchev–Trinajstić information content (AvgIpc) is 3.40. The first-order valence-electron chi connectivity index (χ1n) is 8.97. The molecule has 0 aliphatic carbocycles. The number of carbonyl (C=O) groups excluding carboxylic acids is 1. The maximum absolute atomic E-state index is 13.1. The van der Waals surface area contributed by atoms with Crippen molar-refractivity contribution >= 4 is 15.7 Å². The van der Waals surface area contributed by atoms with Crippen molar-refractivity contribution < 1.29 is 13.2 Å². The molecule has 0 spiro atoms. The second-order valence-corrected chi connectivity index (χ2v) is 8.73. The number of hydrogen-bond donors (Lipinski definition) is 0. The fourth-order valence-electron chi connectivity index (χ4n) is 3.48. The summed E-state index contributed by atoms with van der Waals surface area (Å²) >= 11 is 0. The summed E-state index contributed by atoms with van der Waals surface area (Å²) in [7, 11) is -3.46. The minimum Gasteiger partial charge on any atom is -0.335 e. The van der Waals surface area contributed by atoms with Crippen LogP contribution in [0.5, 0.6) is 0 Å². The lowest BCUT2D eigenvalue weighted by molar-refractivity contribution is 0.0749. The lowest BCUT2D eigenvalue weighted by Crippen LogP contribution is -2.39. The standard InChI is InChI=1S/C19H19N5O3S/c25-19(15-6-4-7-16(12-15)24-14-20-21-22-24)23-11-5-8-17(23)13-28(26,27)18-9-2-1-3-10-18/h1-4,6-7,9-10,12,14,17H,5,8,11,13H2. The number of sulfone groups is 1. The summed E-state index contributed by atoms with van der Waals surface area (Å²) in [5.74, 6) is -0.254. The summed E-state index contributed by atoms with van der Waals surface area (Å²) in [6.45, 7) is 0.545. The minimum atomic E-state index is -3.46. The van der Waals surface area contributed by atoms with Crippen LogP contribution < -0.4 is 0 Å². The molecular weight excluding hydrogens is 378 g/mol. The zero-order valence-electron chi connectivity index (χ0n) is 15.0. The van der Waals surface area contributed by atoms with Gasteiger partial charge in [-0.2, -0.15) is 0 Å². The van der Waals surface area contributed by atoms with Crippen LogP contribution in [-0.4, -0.2) is 57.8 Å². The molecule has 4 rings (SSSR count). The zero-order chi connectivity index (χ0) is 19.6. The van der Waals surface area contributed by atoms with E-state index in [1.54, 1.807) is 59.5 Å².